The van der Waals surface area contributed by atoms with E-state index in [4.69, 9.17) is 0 Å². The van der Waals surface area contributed by atoms with E-state index in [1.807, 2.05) is 6.08 Å². The number of rotatable bonds is 6. The molecule has 2 aliphatic carbocycles. The minimum absolute atomic E-state index is 0.00227. The number of anilines is 4. The zero-order chi connectivity index (χ0) is 44.0. The van der Waals surface area contributed by atoms with Crippen LogP contribution in [0.2, 0.25) is 0 Å². The van der Waals surface area contributed by atoms with Crippen molar-refractivity contribution in [2.24, 2.45) is 5.92 Å². The van der Waals surface area contributed by atoms with Gasteiger partial charge in [0, 0.05) is 45.2 Å². The number of hydrogen-bond acceptors (Lipinski definition) is 2. The van der Waals surface area contributed by atoms with Crippen LogP contribution in [-0.2, 0) is 17.3 Å². The highest BCUT2D eigenvalue weighted by molar-refractivity contribution is 6.09. The Morgan fingerprint density at radius 1 is 0.594 bits per heavy atom. The standard InChI is InChI=1S/C62H56N2/c1-8-9-18-56-41(2)22-27-44-16-10-12-19-57(44)63(56)47-30-34-50-46(39-47)29-28-45-37-42(25-32-49(45)50)23-24-43-26-33-51-52-35-31-48(40-55(52)60(3,4)54(51)38-43)64-58-20-13-11-17-53(58)61(5,6)59-21-14-15-36-62(59,64)7/h8-21,23-26,28-40,59H,1,22,27H2,2-7H3. The largest absolute Gasteiger partial charge is 0.331 e. The van der Waals surface area contributed by atoms with Crippen molar-refractivity contribution < 1.29 is 0 Å². The maximum Gasteiger partial charge on any atom is 0.0679 e. The van der Waals surface area contributed by atoms with Gasteiger partial charge in [-0.05, 0) is 147 Å². The second-order valence-corrected chi connectivity index (χ2v) is 19.7. The van der Waals surface area contributed by atoms with Crippen LogP contribution in [0.15, 0.2) is 194 Å². The molecule has 314 valence electrons. The predicted molar refractivity (Wildman–Crippen MR) is 275 cm³/mol. The molecule has 0 amide bonds. The molecular weight excluding hydrogens is 773 g/mol. The summed E-state index contributed by atoms with van der Waals surface area (Å²) < 4.78 is 0. The quantitative estimate of drug-likeness (QED) is 0.0936. The number of allylic oxidation sites excluding steroid dienone is 6. The molecule has 0 N–H and O–H groups in total. The van der Waals surface area contributed by atoms with Gasteiger partial charge < -0.3 is 9.80 Å². The normalized spacial score (nSPS) is 20.4. The Hall–Kier alpha value is -6.90. The highest BCUT2D eigenvalue weighted by atomic mass is 15.2. The minimum Gasteiger partial charge on any atom is -0.331 e. The molecule has 0 radical (unpaired) electrons. The topological polar surface area (TPSA) is 6.48 Å². The first kappa shape index (κ1) is 39.9. The minimum atomic E-state index is -0.196. The molecule has 2 heteroatoms. The van der Waals surface area contributed by atoms with Gasteiger partial charge in [0.15, 0.2) is 0 Å². The summed E-state index contributed by atoms with van der Waals surface area (Å²) in [7, 11) is 0. The van der Waals surface area contributed by atoms with Gasteiger partial charge in [-0.2, -0.15) is 0 Å². The number of fused-ring (bicyclic) bond motifs is 9. The van der Waals surface area contributed by atoms with Gasteiger partial charge in [0.05, 0.1) is 5.54 Å². The van der Waals surface area contributed by atoms with Crippen molar-refractivity contribution in [1.29, 1.82) is 0 Å². The fourth-order valence-electron chi connectivity index (χ4n) is 11.8. The van der Waals surface area contributed by atoms with E-state index in [0.29, 0.717) is 5.92 Å². The second kappa shape index (κ2) is 14.8. The SMILES string of the molecule is C=CC=CC1=C(C)CCc2ccccc2N1c1ccc2c(ccc3cc(C=Cc4ccc5c(c4)C(C)(C)c4cc(N6c7ccccc7C(C)(C)C7C=CC=CC76C)ccc4-5)ccc32)c1. The molecule has 64 heavy (non-hydrogen) atoms. The van der Waals surface area contributed by atoms with E-state index in [1.54, 1.807) is 0 Å². The van der Waals surface area contributed by atoms with Gasteiger partial charge >= 0.3 is 0 Å². The van der Waals surface area contributed by atoms with Crippen LogP contribution in [0.5, 0.6) is 0 Å². The Morgan fingerprint density at radius 2 is 1.25 bits per heavy atom. The van der Waals surface area contributed by atoms with Crippen LogP contribution in [0.25, 0.3) is 44.8 Å². The van der Waals surface area contributed by atoms with Crippen LogP contribution in [0.4, 0.5) is 22.7 Å². The van der Waals surface area contributed by atoms with Gasteiger partial charge in [0.2, 0.25) is 0 Å². The number of benzene rings is 7. The molecule has 0 saturated heterocycles. The van der Waals surface area contributed by atoms with Crippen molar-refractivity contribution in [2.75, 3.05) is 9.80 Å². The Morgan fingerprint density at radius 3 is 2.05 bits per heavy atom. The van der Waals surface area contributed by atoms with E-state index in [9.17, 15) is 0 Å². The average molecular weight is 829 g/mol. The third-order valence-corrected chi connectivity index (χ3v) is 15.2. The molecule has 2 heterocycles. The van der Waals surface area contributed by atoms with Crippen LogP contribution in [0, 0.1) is 5.92 Å². The van der Waals surface area contributed by atoms with Gasteiger partial charge in [-0.1, -0.05) is 174 Å². The average Bonchev–Trinajstić information content (AvgIpc) is 3.42. The lowest BCUT2D eigenvalue weighted by Gasteiger charge is -2.57. The van der Waals surface area contributed by atoms with E-state index in [1.165, 1.54) is 100 Å². The van der Waals surface area contributed by atoms with Gasteiger partial charge in [-0.15, -0.1) is 0 Å². The van der Waals surface area contributed by atoms with E-state index in [-0.39, 0.29) is 16.4 Å². The lowest BCUT2D eigenvalue weighted by molar-refractivity contribution is 0.260. The smallest absolute Gasteiger partial charge is 0.0679 e. The highest BCUT2D eigenvalue weighted by Crippen LogP contribution is 2.57. The lowest BCUT2D eigenvalue weighted by atomic mass is 9.60. The van der Waals surface area contributed by atoms with E-state index in [0.717, 1.165) is 12.8 Å². The zero-order valence-corrected chi connectivity index (χ0v) is 38.0. The number of nitrogens with zero attached hydrogens (tertiary/aromatic N) is 2. The zero-order valence-electron chi connectivity index (χ0n) is 38.0. The lowest BCUT2D eigenvalue weighted by Crippen LogP contribution is -2.58. The number of aryl methyl sites for hydroxylation is 1. The molecule has 0 saturated carbocycles. The van der Waals surface area contributed by atoms with Gasteiger partial charge in [-0.25, -0.2) is 0 Å². The van der Waals surface area contributed by atoms with Crippen molar-refractivity contribution in [1.82, 2.24) is 0 Å². The first-order valence-electron chi connectivity index (χ1n) is 23.0. The van der Waals surface area contributed by atoms with Crippen molar-refractivity contribution in [3.05, 3.63) is 227 Å². The molecular formula is C62H56N2. The van der Waals surface area contributed by atoms with Gasteiger partial charge in [0.25, 0.3) is 0 Å². The van der Waals surface area contributed by atoms with E-state index >= 15 is 0 Å². The highest BCUT2D eigenvalue weighted by Gasteiger charge is 2.52. The molecule has 0 bridgehead atoms. The maximum atomic E-state index is 3.96. The monoisotopic (exact) mass is 828 g/mol. The van der Waals surface area contributed by atoms with Gasteiger partial charge in [-0.3, -0.25) is 0 Å². The fraction of sp³-hybridized carbons (Fsp3) is 0.194. The molecule has 2 aliphatic heterocycles. The molecule has 0 aromatic heterocycles. The summed E-state index contributed by atoms with van der Waals surface area (Å²) in [6, 6.07) is 50.5. The van der Waals surface area contributed by atoms with Crippen LogP contribution < -0.4 is 9.80 Å². The van der Waals surface area contributed by atoms with E-state index < -0.39 is 0 Å². The Labute approximate surface area is 379 Å². The Kier molecular flexibility index (Phi) is 9.26. The molecule has 11 rings (SSSR count). The first-order valence-corrected chi connectivity index (χ1v) is 23.0. The predicted octanol–water partition coefficient (Wildman–Crippen LogP) is 16.5. The second-order valence-electron chi connectivity index (χ2n) is 19.7. The van der Waals surface area contributed by atoms with Crippen LogP contribution >= 0.6 is 0 Å². The maximum absolute atomic E-state index is 3.96. The van der Waals surface area contributed by atoms with Crippen LogP contribution in [-0.4, -0.2) is 5.54 Å². The van der Waals surface area contributed by atoms with Crippen molar-refractivity contribution in [2.45, 2.75) is 70.8 Å². The Balaban J connectivity index is 0.890. The van der Waals surface area contributed by atoms with Crippen LogP contribution in [0.3, 0.4) is 0 Å². The summed E-state index contributed by atoms with van der Waals surface area (Å²) in [5.74, 6) is 0.331. The third-order valence-electron chi connectivity index (χ3n) is 15.2. The Bertz CT molecular complexity index is 3240. The number of hydrogen-bond donors (Lipinski definition) is 0. The summed E-state index contributed by atoms with van der Waals surface area (Å²) in [6.07, 6.45) is 22.0. The van der Waals surface area contributed by atoms with Crippen LogP contribution in [0.1, 0.15) is 81.3 Å². The summed E-state index contributed by atoms with van der Waals surface area (Å²) in [6.45, 7) is 18.3. The molecule has 2 atom stereocenters. The van der Waals surface area contributed by atoms with Crippen molar-refractivity contribution in [3.63, 3.8) is 0 Å². The molecule has 7 aromatic carbocycles. The molecule has 2 unspecified atom stereocenters. The molecule has 0 fully saturated rings. The first-order chi connectivity index (χ1) is 31.0. The number of para-hydroxylation sites is 2. The summed E-state index contributed by atoms with van der Waals surface area (Å²) >= 11 is 0. The molecule has 4 aliphatic rings. The summed E-state index contributed by atoms with van der Waals surface area (Å²) in [5.41, 5.74) is 17.9. The van der Waals surface area contributed by atoms with Crippen molar-refractivity contribution >= 4 is 56.4 Å². The summed E-state index contributed by atoms with van der Waals surface area (Å²) in [4.78, 5) is 5.05. The van der Waals surface area contributed by atoms with Gasteiger partial charge in [0.1, 0.15) is 0 Å². The fourth-order valence-corrected chi connectivity index (χ4v) is 11.8. The summed E-state index contributed by atoms with van der Waals surface area (Å²) in [5, 5.41) is 5.01. The molecule has 2 nitrogen and oxygen atoms in total. The van der Waals surface area contributed by atoms with Crippen molar-refractivity contribution in [3.8, 4) is 11.1 Å². The molecule has 7 aromatic rings. The van der Waals surface area contributed by atoms with E-state index in [2.05, 4.69) is 240 Å². The molecule has 0 spiro atoms. The third kappa shape index (κ3) is 6.14.